The molecule has 1 aliphatic heterocycles. The number of hydrogen-bond acceptors (Lipinski definition) is 7. The van der Waals surface area contributed by atoms with Crippen molar-refractivity contribution in [2.45, 2.75) is 20.0 Å². The van der Waals surface area contributed by atoms with Crippen LogP contribution in [0, 0.1) is 18.7 Å². The predicted octanol–water partition coefficient (Wildman–Crippen LogP) is 3.49. The molecule has 1 fully saturated rings. The minimum Gasteiger partial charge on any atom is -0.443 e. The molecule has 1 saturated heterocycles. The maximum Gasteiger partial charge on any atom is 0.413 e. The predicted molar refractivity (Wildman–Crippen MR) is 112 cm³/mol. The molecule has 9 heteroatoms. The van der Waals surface area contributed by atoms with Crippen molar-refractivity contribution in [3.8, 4) is 11.1 Å². The largest absolute Gasteiger partial charge is 0.443 e. The number of aromatic nitrogens is 2. The van der Waals surface area contributed by atoms with Crippen LogP contribution in [0.5, 0.6) is 0 Å². The van der Waals surface area contributed by atoms with E-state index in [2.05, 4.69) is 15.3 Å². The van der Waals surface area contributed by atoms with E-state index in [0.29, 0.717) is 40.8 Å². The van der Waals surface area contributed by atoms with E-state index in [9.17, 15) is 9.18 Å². The summed E-state index contributed by atoms with van der Waals surface area (Å²) in [5.74, 6) is -0.186. The van der Waals surface area contributed by atoms with E-state index >= 15 is 0 Å². The number of nitrogens with one attached hydrogen (secondary N) is 1. The summed E-state index contributed by atoms with van der Waals surface area (Å²) in [6, 6.07) is 3.25. The minimum atomic E-state index is -0.629. The average molecular weight is 411 g/mol. The van der Waals surface area contributed by atoms with Gasteiger partial charge in [-0.05, 0) is 30.0 Å². The molecule has 156 valence electrons. The SMILES string of the molecule is Cc1c(N)cncc1-c1cc2cc(NC(=O)O[C@@H]3COC[C@H]3C)ncc2c(N)c1F. The number of nitrogens with zero attached hydrogens (tertiary/aromatic N) is 2. The zero-order valence-corrected chi connectivity index (χ0v) is 16.6. The van der Waals surface area contributed by atoms with Crippen LogP contribution in [-0.2, 0) is 9.47 Å². The first-order valence-electron chi connectivity index (χ1n) is 9.48. The van der Waals surface area contributed by atoms with Gasteiger partial charge in [-0.15, -0.1) is 0 Å². The Morgan fingerprint density at radius 3 is 2.77 bits per heavy atom. The fourth-order valence-corrected chi connectivity index (χ4v) is 3.44. The lowest BCUT2D eigenvalue weighted by Gasteiger charge is -2.15. The number of halogens is 1. The molecule has 0 bridgehead atoms. The lowest BCUT2D eigenvalue weighted by molar-refractivity contribution is 0.0843. The second-order valence-electron chi connectivity index (χ2n) is 7.43. The van der Waals surface area contributed by atoms with Gasteiger partial charge in [0.05, 0.1) is 30.8 Å². The average Bonchev–Trinajstić information content (AvgIpc) is 3.11. The second kappa shape index (κ2) is 7.75. The first-order chi connectivity index (χ1) is 14.3. The normalized spacial score (nSPS) is 18.5. The highest BCUT2D eigenvalue weighted by Crippen LogP contribution is 2.36. The molecule has 3 heterocycles. The summed E-state index contributed by atoms with van der Waals surface area (Å²) in [5, 5.41) is 3.64. The molecular weight excluding hydrogens is 389 g/mol. The fraction of sp³-hybridized carbons (Fsp3) is 0.286. The van der Waals surface area contributed by atoms with E-state index in [1.165, 1.54) is 18.6 Å². The number of benzene rings is 1. The maximum absolute atomic E-state index is 15.0. The van der Waals surface area contributed by atoms with Gasteiger partial charge in [-0.1, -0.05) is 6.92 Å². The van der Waals surface area contributed by atoms with Crippen LogP contribution in [0.3, 0.4) is 0 Å². The number of rotatable bonds is 3. The van der Waals surface area contributed by atoms with Crippen molar-refractivity contribution in [3.63, 3.8) is 0 Å². The summed E-state index contributed by atoms with van der Waals surface area (Å²) in [5.41, 5.74) is 13.9. The smallest absolute Gasteiger partial charge is 0.413 e. The Balaban J connectivity index is 1.67. The number of nitrogen functional groups attached to an aromatic ring is 2. The zero-order valence-electron chi connectivity index (χ0n) is 16.6. The van der Waals surface area contributed by atoms with Crippen LogP contribution in [0.4, 0.5) is 26.4 Å². The van der Waals surface area contributed by atoms with Crippen LogP contribution in [0.2, 0.25) is 0 Å². The Kier molecular flexibility index (Phi) is 5.13. The minimum absolute atomic E-state index is 0.0390. The molecular formula is C21H22FN5O3. The molecule has 1 aromatic carbocycles. The number of carbonyl (C=O) groups excluding carboxylic acids is 1. The van der Waals surface area contributed by atoms with Crippen LogP contribution >= 0.6 is 0 Å². The summed E-state index contributed by atoms with van der Waals surface area (Å²) in [7, 11) is 0. The number of amides is 1. The highest BCUT2D eigenvalue weighted by molar-refractivity contribution is 5.99. The lowest BCUT2D eigenvalue weighted by atomic mass is 9.97. The number of carbonyl (C=O) groups is 1. The van der Waals surface area contributed by atoms with Crippen LogP contribution in [0.25, 0.3) is 21.9 Å². The fourth-order valence-electron chi connectivity index (χ4n) is 3.44. The third kappa shape index (κ3) is 3.59. The van der Waals surface area contributed by atoms with Crippen LogP contribution in [0.15, 0.2) is 30.7 Å². The second-order valence-corrected chi connectivity index (χ2v) is 7.43. The number of ether oxygens (including phenoxy) is 2. The molecule has 0 saturated carbocycles. The van der Waals surface area contributed by atoms with Gasteiger partial charge in [0.2, 0.25) is 0 Å². The standard InChI is InChI=1S/C21H22FN5O3/c1-10-8-29-9-17(10)30-21(28)27-18-4-12-3-13(14-5-25-7-16(23)11(14)2)19(22)20(24)15(12)6-26-18/h3-7,10,17H,8-9,23-24H2,1-2H3,(H,26,27,28)/t10-,17-/m1/s1. The van der Waals surface area contributed by atoms with Gasteiger partial charge in [0.15, 0.2) is 5.82 Å². The third-order valence-electron chi connectivity index (χ3n) is 5.33. The van der Waals surface area contributed by atoms with Crippen molar-refractivity contribution in [1.29, 1.82) is 0 Å². The highest BCUT2D eigenvalue weighted by Gasteiger charge is 2.28. The molecule has 3 aromatic rings. The molecule has 1 aliphatic rings. The molecule has 5 N–H and O–H groups in total. The van der Waals surface area contributed by atoms with Crippen LogP contribution in [-0.4, -0.2) is 35.4 Å². The van der Waals surface area contributed by atoms with Crippen molar-refractivity contribution in [1.82, 2.24) is 9.97 Å². The van der Waals surface area contributed by atoms with E-state index in [-0.39, 0.29) is 29.1 Å². The van der Waals surface area contributed by atoms with E-state index in [4.69, 9.17) is 20.9 Å². The Hall–Kier alpha value is -3.46. The summed E-state index contributed by atoms with van der Waals surface area (Å²) in [4.78, 5) is 20.4. The van der Waals surface area contributed by atoms with E-state index in [0.717, 1.165) is 0 Å². The Labute approximate surface area is 172 Å². The first kappa shape index (κ1) is 19.8. The van der Waals surface area contributed by atoms with Gasteiger partial charge in [0.1, 0.15) is 11.9 Å². The highest BCUT2D eigenvalue weighted by atomic mass is 19.1. The molecule has 0 spiro atoms. The Bertz CT molecular complexity index is 1140. The number of fused-ring (bicyclic) bond motifs is 1. The molecule has 0 unspecified atom stereocenters. The van der Waals surface area contributed by atoms with Crippen molar-refractivity contribution >= 4 is 34.1 Å². The van der Waals surface area contributed by atoms with Crippen molar-refractivity contribution in [2.24, 2.45) is 5.92 Å². The molecule has 0 radical (unpaired) electrons. The number of anilines is 3. The molecule has 2 aromatic heterocycles. The van der Waals surface area contributed by atoms with Crippen LogP contribution < -0.4 is 16.8 Å². The lowest BCUT2D eigenvalue weighted by Crippen LogP contribution is -2.27. The number of hydrogen-bond donors (Lipinski definition) is 3. The summed E-state index contributed by atoms with van der Waals surface area (Å²) < 4.78 is 25.7. The van der Waals surface area contributed by atoms with E-state index in [1.807, 2.05) is 6.92 Å². The molecule has 30 heavy (non-hydrogen) atoms. The van der Waals surface area contributed by atoms with Gasteiger partial charge in [-0.3, -0.25) is 10.3 Å². The summed E-state index contributed by atoms with van der Waals surface area (Å²) in [6.45, 7) is 4.66. The van der Waals surface area contributed by atoms with Gasteiger partial charge >= 0.3 is 6.09 Å². The maximum atomic E-state index is 15.0. The molecule has 2 atom stereocenters. The van der Waals surface area contributed by atoms with Crippen molar-refractivity contribution in [2.75, 3.05) is 30.0 Å². The van der Waals surface area contributed by atoms with Crippen molar-refractivity contribution in [3.05, 3.63) is 42.1 Å². The van der Waals surface area contributed by atoms with Crippen LogP contribution in [0.1, 0.15) is 12.5 Å². The molecule has 0 aliphatic carbocycles. The molecule has 4 rings (SSSR count). The van der Waals surface area contributed by atoms with Crippen molar-refractivity contribution < 1.29 is 18.7 Å². The Morgan fingerprint density at radius 2 is 2.03 bits per heavy atom. The Morgan fingerprint density at radius 1 is 1.23 bits per heavy atom. The van der Waals surface area contributed by atoms with E-state index < -0.39 is 11.9 Å². The summed E-state index contributed by atoms with van der Waals surface area (Å²) >= 11 is 0. The van der Waals surface area contributed by atoms with E-state index in [1.54, 1.807) is 19.1 Å². The summed E-state index contributed by atoms with van der Waals surface area (Å²) in [6.07, 6.45) is 3.53. The van der Waals surface area contributed by atoms with Gasteiger partial charge in [-0.2, -0.15) is 0 Å². The quantitative estimate of drug-likeness (QED) is 0.563. The molecule has 8 nitrogen and oxygen atoms in total. The number of pyridine rings is 2. The van der Waals surface area contributed by atoms with Gasteiger partial charge in [0, 0.05) is 34.8 Å². The first-order valence-corrected chi connectivity index (χ1v) is 9.48. The number of nitrogens with two attached hydrogens (primary N) is 2. The zero-order chi connectivity index (χ0) is 21.4. The van der Waals surface area contributed by atoms with Gasteiger partial charge < -0.3 is 20.9 Å². The molecule has 1 amide bonds. The third-order valence-corrected chi connectivity index (χ3v) is 5.33. The topological polar surface area (TPSA) is 125 Å². The van der Waals surface area contributed by atoms with Gasteiger partial charge in [-0.25, -0.2) is 14.2 Å². The monoisotopic (exact) mass is 411 g/mol. The van der Waals surface area contributed by atoms with Gasteiger partial charge in [0.25, 0.3) is 0 Å².